The molecule has 0 aliphatic carbocycles. The smallest absolute Gasteiger partial charge is 0.220 e. The highest BCUT2D eigenvalue weighted by Crippen LogP contribution is 2.16. The van der Waals surface area contributed by atoms with Crippen LogP contribution in [0.25, 0.3) is 0 Å². The Kier molecular flexibility index (Phi) is 44.8. The van der Waals surface area contributed by atoms with E-state index >= 15 is 0 Å². The standard InChI is InChI=1S/C50H95NO3/c1-3-5-7-9-11-13-15-17-19-21-23-24-25-26-27-28-29-31-33-35-37-39-41-43-45-49(53)48(47-52)51-50(54)46-44-42-40-38-36-34-32-30-22-20-18-16-14-12-10-8-6-4-2/h28-29,35,37,43,45,48-49,52-53H,3-27,30-34,36,38-42,44,46-47H2,1-2H3,(H,51,54)/b29-28+,37-35+,45-43+. The van der Waals surface area contributed by atoms with Crippen molar-refractivity contribution in [2.75, 3.05) is 6.61 Å². The van der Waals surface area contributed by atoms with Crippen LogP contribution in [0.5, 0.6) is 0 Å². The minimum absolute atomic E-state index is 0.0745. The van der Waals surface area contributed by atoms with Crippen LogP contribution in [-0.4, -0.2) is 34.9 Å². The molecule has 1 amide bonds. The van der Waals surface area contributed by atoms with Gasteiger partial charge in [-0.2, -0.15) is 0 Å². The molecule has 0 bridgehead atoms. The molecule has 318 valence electrons. The summed E-state index contributed by atoms with van der Waals surface area (Å²) in [6.07, 6.45) is 61.3. The van der Waals surface area contributed by atoms with Gasteiger partial charge in [-0.1, -0.05) is 243 Å². The van der Waals surface area contributed by atoms with Crippen molar-refractivity contribution in [1.29, 1.82) is 0 Å². The summed E-state index contributed by atoms with van der Waals surface area (Å²) >= 11 is 0. The Balaban J connectivity index is 3.59. The fraction of sp³-hybridized carbons (Fsp3) is 0.860. The van der Waals surface area contributed by atoms with Crippen LogP contribution in [-0.2, 0) is 4.79 Å². The third kappa shape index (κ3) is 41.8. The van der Waals surface area contributed by atoms with Crippen LogP contribution in [0.15, 0.2) is 36.5 Å². The van der Waals surface area contributed by atoms with Gasteiger partial charge in [-0.15, -0.1) is 0 Å². The summed E-state index contributed by atoms with van der Waals surface area (Å²) in [5.74, 6) is -0.0745. The summed E-state index contributed by atoms with van der Waals surface area (Å²) < 4.78 is 0. The highest BCUT2D eigenvalue weighted by Gasteiger charge is 2.17. The van der Waals surface area contributed by atoms with Crippen LogP contribution in [0.2, 0.25) is 0 Å². The molecule has 0 saturated heterocycles. The molecule has 3 N–H and O–H groups in total. The van der Waals surface area contributed by atoms with E-state index in [1.165, 1.54) is 199 Å². The Bertz CT molecular complexity index is 821. The lowest BCUT2D eigenvalue weighted by molar-refractivity contribution is -0.123. The predicted octanol–water partition coefficient (Wildman–Crippen LogP) is 15.4. The summed E-state index contributed by atoms with van der Waals surface area (Å²) in [5, 5.41) is 23.0. The first-order valence-corrected chi connectivity index (χ1v) is 24.2. The van der Waals surface area contributed by atoms with E-state index in [1.54, 1.807) is 6.08 Å². The Morgan fingerprint density at radius 3 is 1.07 bits per heavy atom. The van der Waals surface area contributed by atoms with E-state index < -0.39 is 12.1 Å². The van der Waals surface area contributed by atoms with Gasteiger partial charge in [0.15, 0.2) is 0 Å². The molecule has 0 heterocycles. The molecule has 0 aromatic rings. The van der Waals surface area contributed by atoms with Crippen molar-refractivity contribution >= 4 is 5.91 Å². The van der Waals surface area contributed by atoms with E-state index in [0.717, 1.165) is 38.5 Å². The van der Waals surface area contributed by atoms with E-state index in [2.05, 4.69) is 43.5 Å². The zero-order chi connectivity index (χ0) is 39.3. The number of nitrogens with one attached hydrogen (secondary N) is 1. The molecule has 0 rings (SSSR count). The maximum Gasteiger partial charge on any atom is 0.220 e. The predicted molar refractivity (Wildman–Crippen MR) is 239 cm³/mol. The van der Waals surface area contributed by atoms with E-state index in [4.69, 9.17) is 0 Å². The number of carbonyl (C=O) groups is 1. The van der Waals surface area contributed by atoms with Gasteiger partial charge in [0.05, 0.1) is 18.8 Å². The van der Waals surface area contributed by atoms with Crippen molar-refractivity contribution in [3.8, 4) is 0 Å². The third-order valence-corrected chi connectivity index (χ3v) is 11.1. The maximum absolute atomic E-state index is 12.4. The first-order valence-electron chi connectivity index (χ1n) is 24.2. The number of allylic oxidation sites excluding steroid dienone is 5. The highest BCUT2D eigenvalue weighted by molar-refractivity contribution is 5.76. The molecular formula is C50H95NO3. The summed E-state index contributed by atoms with van der Waals surface area (Å²) in [5.41, 5.74) is 0. The monoisotopic (exact) mass is 758 g/mol. The lowest BCUT2D eigenvalue weighted by Gasteiger charge is -2.19. The van der Waals surface area contributed by atoms with Gasteiger partial charge in [0.2, 0.25) is 5.91 Å². The molecule has 0 aliphatic heterocycles. The van der Waals surface area contributed by atoms with Crippen LogP contribution in [0.4, 0.5) is 0 Å². The normalized spacial score (nSPS) is 13.2. The molecule has 0 radical (unpaired) electrons. The van der Waals surface area contributed by atoms with Crippen LogP contribution in [0, 0.1) is 0 Å². The van der Waals surface area contributed by atoms with Gasteiger partial charge in [0.25, 0.3) is 0 Å². The molecule has 0 aromatic carbocycles. The van der Waals surface area contributed by atoms with Crippen molar-refractivity contribution in [3.63, 3.8) is 0 Å². The quantitative estimate of drug-likeness (QED) is 0.0428. The molecule has 4 nitrogen and oxygen atoms in total. The average Bonchev–Trinajstić information content (AvgIpc) is 3.18. The number of unbranched alkanes of at least 4 members (excludes halogenated alkanes) is 33. The molecule has 4 heteroatoms. The number of amides is 1. The van der Waals surface area contributed by atoms with Crippen LogP contribution in [0.3, 0.4) is 0 Å². The van der Waals surface area contributed by atoms with Crippen LogP contribution >= 0.6 is 0 Å². The minimum Gasteiger partial charge on any atom is -0.394 e. The molecule has 2 unspecified atom stereocenters. The lowest BCUT2D eigenvalue weighted by atomic mass is 10.0. The third-order valence-electron chi connectivity index (χ3n) is 11.1. The number of rotatable bonds is 44. The Labute approximate surface area is 338 Å². The topological polar surface area (TPSA) is 69.6 Å². The first-order chi connectivity index (χ1) is 26.7. The second-order valence-corrected chi connectivity index (χ2v) is 16.5. The number of carbonyl (C=O) groups excluding carboxylic acids is 1. The summed E-state index contributed by atoms with van der Waals surface area (Å²) in [6, 6.07) is -0.642. The molecular weight excluding hydrogens is 663 g/mol. The highest BCUT2D eigenvalue weighted by atomic mass is 16.3. The van der Waals surface area contributed by atoms with Gasteiger partial charge in [-0.25, -0.2) is 0 Å². The van der Waals surface area contributed by atoms with E-state index in [9.17, 15) is 15.0 Å². The average molecular weight is 758 g/mol. The zero-order valence-electron chi connectivity index (χ0n) is 36.5. The van der Waals surface area contributed by atoms with Gasteiger partial charge in [0, 0.05) is 6.42 Å². The molecule has 0 saturated carbocycles. The molecule has 0 spiro atoms. The van der Waals surface area contributed by atoms with Crippen molar-refractivity contribution in [2.45, 2.75) is 270 Å². The van der Waals surface area contributed by atoms with E-state index in [-0.39, 0.29) is 12.5 Å². The van der Waals surface area contributed by atoms with Gasteiger partial charge < -0.3 is 15.5 Å². The largest absolute Gasteiger partial charge is 0.394 e. The Morgan fingerprint density at radius 1 is 0.426 bits per heavy atom. The van der Waals surface area contributed by atoms with E-state index in [0.29, 0.717) is 6.42 Å². The van der Waals surface area contributed by atoms with Crippen molar-refractivity contribution in [2.24, 2.45) is 0 Å². The molecule has 0 aromatic heterocycles. The van der Waals surface area contributed by atoms with Gasteiger partial charge in [-0.3, -0.25) is 4.79 Å². The zero-order valence-corrected chi connectivity index (χ0v) is 36.5. The number of hydrogen-bond acceptors (Lipinski definition) is 3. The minimum atomic E-state index is -0.867. The van der Waals surface area contributed by atoms with Gasteiger partial charge in [-0.05, 0) is 44.9 Å². The van der Waals surface area contributed by atoms with Gasteiger partial charge >= 0.3 is 0 Å². The fourth-order valence-corrected chi connectivity index (χ4v) is 7.39. The molecule has 0 fully saturated rings. The summed E-state index contributed by atoms with van der Waals surface area (Å²) in [7, 11) is 0. The SMILES string of the molecule is CCCCCCCCCCCCCCCC/C=C/CC/C=C/CC/C=C/C(O)C(CO)NC(=O)CCCCCCCCCCCCCCCCCCCC. The van der Waals surface area contributed by atoms with Crippen molar-refractivity contribution in [1.82, 2.24) is 5.32 Å². The Morgan fingerprint density at radius 2 is 0.722 bits per heavy atom. The van der Waals surface area contributed by atoms with Crippen molar-refractivity contribution < 1.29 is 15.0 Å². The molecule has 2 atom stereocenters. The maximum atomic E-state index is 12.4. The van der Waals surface area contributed by atoms with Gasteiger partial charge in [0.1, 0.15) is 0 Å². The molecule has 54 heavy (non-hydrogen) atoms. The summed E-state index contributed by atoms with van der Waals surface area (Å²) in [6.45, 7) is 4.31. The van der Waals surface area contributed by atoms with Crippen LogP contribution < -0.4 is 5.32 Å². The Hall–Kier alpha value is -1.39. The fourth-order valence-electron chi connectivity index (χ4n) is 7.39. The molecule has 0 aliphatic rings. The van der Waals surface area contributed by atoms with Crippen molar-refractivity contribution in [3.05, 3.63) is 36.5 Å². The van der Waals surface area contributed by atoms with Crippen LogP contribution in [0.1, 0.15) is 258 Å². The number of hydrogen-bond donors (Lipinski definition) is 3. The first kappa shape index (κ1) is 52.6. The second kappa shape index (κ2) is 46.0. The second-order valence-electron chi connectivity index (χ2n) is 16.5. The summed E-state index contributed by atoms with van der Waals surface area (Å²) in [4.78, 5) is 12.4. The lowest BCUT2D eigenvalue weighted by Crippen LogP contribution is -2.45. The number of aliphatic hydroxyl groups is 2. The number of aliphatic hydroxyl groups excluding tert-OH is 2. The van der Waals surface area contributed by atoms with E-state index in [1.807, 2.05) is 6.08 Å².